The molecule has 1 aromatic rings. The van der Waals surface area contributed by atoms with Gasteiger partial charge in [0, 0.05) is 11.5 Å². The summed E-state index contributed by atoms with van der Waals surface area (Å²) in [5.41, 5.74) is 6.08. The lowest BCUT2D eigenvalue weighted by Gasteiger charge is -2.29. The van der Waals surface area contributed by atoms with Gasteiger partial charge in [-0.2, -0.15) is 5.26 Å². The lowest BCUT2D eigenvalue weighted by Crippen LogP contribution is -2.27. The Labute approximate surface area is 133 Å². The van der Waals surface area contributed by atoms with Crippen molar-refractivity contribution >= 4 is 5.97 Å². The third kappa shape index (κ3) is 2.90. The first-order valence-corrected chi connectivity index (χ1v) is 7.06. The minimum absolute atomic E-state index is 0.0140. The maximum atomic E-state index is 14.3. The van der Waals surface area contributed by atoms with Crippen LogP contribution in [0.1, 0.15) is 25.3 Å². The van der Waals surface area contributed by atoms with Gasteiger partial charge < -0.3 is 15.2 Å². The summed E-state index contributed by atoms with van der Waals surface area (Å²) in [5, 5.41) is 9.42. The molecule has 1 aromatic carbocycles. The summed E-state index contributed by atoms with van der Waals surface area (Å²) in [4.78, 5) is 12.3. The molecule has 0 fully saturated rings. The fourth-order valence-corrected chi connectivity index (χ4v) is 2.55. The normalized spacial score (nSPS) is 17.8. The van der Waals surface area contributed by atoms with Crippen molar-refractivity contribution in [3.8, 4) is 6.07 Å². The zero-order chi connectivity index (χ0) is 17.1. The van der Waals surface area contributed by atoms with E-state index >= 15 is 0 Å². The molecule has 2 N–H and O–H groups in total. The van der Waals surface area contributed by atoms with Crippen molar-refractivity contribution in [2.24, 2.45) is 11.7 Å². The highest BCUT2D eigenvalue weighted by Crippen LogP contribution is 2.42. The molecule has 1 aliphatic rings. The molecule has 1 heterocycles. The van der Waals surface area contributed by atoms with E-state index in [1.165, 1.54) is 25.3 Å². The summed E-state index contributed by atoms with van der Waals surface area (Å²) in [6, 6.07) is 7.85. The number of rotatable bonds is 3. The summed E-state index contributed by atoms with van der Waals surface area (Å²) >= 11 is 0. The zero-order valence-electron chi connectivity index (χ0n) is 13.1. The highest BCUT2D eigenvalue weighted by Gasteiger charge is 2.39. The second kappa shape index (κ2) is 6.53. The summed E-state index contributed by atoms with van der Waals surface area (Å²) in [5.74, 6) is -2.22. The molecule has 0 bridgehead atoms. The van der Waals surface area contributed by atoms with Crippen LogP contribution < -0.4 is 5.73 Å². The predicted octanol–water partition coefficient (Wildman–Crippen LogP) is 2.72. The number of carbonyl (C=O) groups is 1. The fraction of sp³-hybridized carbons (Fsp3) is 0.294. The topological polar surface area (TPSA) is 85.3 Å². The zero-order valence-corrected chi connectivity index (χ0v) is 13.1. The number of hydrogen-bond acceptors (Lipinski definition) is 5. The average molecular weight is 316 g/mol. The van der Waals surface area contributed by atoms with Crippen LogP contribution >= 0.6 is 0 Å². The molecule has 1 atom stereocenters. The molecule has 0 spiro atoms. The average Bonchev–Trinajstić information content (AvgIpc) is 2.53. The van der Waals surface area contributed by atoms with E-state index < -0.39 is 17.7 Å². The molecular weight excluding hydrogens is 299 g/mol. The van der Waals surface area contributed by atoms with E-state index in [0.717, 1.165) is 0 Å². The van der Waals surface area contributed by atoms with E-state index in [0.29, 0.717) is 0 Å². The highest BCUT2D eigenvalue weighted by molar-refractivity contribution is 5.92. The van der Waals surface area contributed by atoms with Gasteiger partial charge >= 0.3 is 5.97 Å². The van der Waals surface area contributed by atoms with Crippen molar-refractivity contribution in [1.29, 1.82) is 5.26 Å². The van der Waals surface area contributed by atoms with Gasteiger partial charge in [0.15, 0.2) is 0 Å². The van der Waals surface area contributed by atoms with Crippen LogP contribution in [0.3, 0.4) is 0 Å². The third-order valence-electron chi connectivity index (χ3n) is 3.59. The first-order valence-electron chi connectivity index (χ1n) is 7.06. The van der Waals surface area contributed by atoms with Gasteiger partial charge in [-0.1, -0.05) is 32.0 Å². The molecule has 1 unspecified atom stereocenters. The Morgan fingerprint density at radius 2 is 2.09 bits per heavy atom. The van der Waals surface area contributed by atoms with Gasteiger partial charge in [-0.15, -0.1) is 0 Å². The summed E-state index contributed by atoms with van der Waals surface area (Å²) in [7, 11) is 1.22. The van der Waals surface area contributed by atoms with E-state index in [9.17, 15) is 14.4 Å². The Morgan fingerprint density at radius 1 is 1.43 bits per heavy atom. The SMILES string of the molecule is COC(=O)C1=C(C(C)C)OC(N)=C(C#N)C1c1ccccc1F. The highest BCUT2D eigenvalue weighted by atomic mass is 19.1. The molecule has 0 saturated heterocycles. The van der Waals surface area contributed by atoms with Crippen LogP contribution in [-0.4, -0.2) is 13.1 Å². The van der Waals surface area contributed by atoms with E-state index in [-0.39, 0.29) is 34.3 Å². The van der Waals surface area contributed by atoms with E-state index in [1.807, 2.05) is 6.07 Å². The summed E-state index contributed by atoms with van der Waals surface area (Å²) in [6.07, 6.45) is 0. The van der Waals surface area contributed by atoms with Gasteiger partial charge in [0.25, 0.3) is 0 Å². The summed E-state index contributed by atoms with van der Waals surface area (Å²) in [6.45, 7) is 3.61. The Kier molecular flexibility index (Phi) is 4.70. The quantitative estimate of drug-likeness (QED) is 0.867. The van der Waals surface area contributed by atoms with Crippen LogP contribution in [0.5, 0.6) is 0 Å². The minimum Gasteiger partial charge on any atom is -0.466 e. The van der Waals surface area contributed by atoms with Gasteiger partial charge in [-0.05, 0) is 6.07 Å². The van der Waals surface area contributed by atoms with Gasteiger partial charge in [-0.3, -0.25) is 0 Å². The van der Waals surface area contributed by atoms with Crippen molar-refractivity contribution in [2.45, 2.75) is 19.8 Å². The molecule has 2 rings (SSSR count). The van der Waals surface area contributed by atoms with Crippen LogP contribution in [0.2, 0.25) is 0 Å². The number of benzene rings is 1. The predicted molar refractivity (Wildman–Crippen MR) is 80.9 cm³/mol. The van der Waals surface area contributed by atoms with E-state index in [2.05, 4.69) is 0 Å². The second-order valence-corrected chi connectivity index (χ2v) is 5.37. The number of ether oxygens (including phenoxy) is 2. The lowest BCUT2D eigenvalue weighted by atomic mass is 9.81. The van der Waals surface area contributed by atoms with Crippen molar-refractivity contribution < 1.29 is 18.7 Å². The van der Waals surface area contributed by atoms with Crippen molar-refractivity contribution in [2.75, 3.05) is 7.11 Å². The number of nitrogens with zero attached hydrogens (tertiary/aromatic N) is 1. The molecule has 0 saturated carbocycles. The standard InChI is InChI=1S/C17H17FN2O3/c1-9(2)15-14(17(21)22-3)13(11(8-19)16(20)23-15)10-6-4-5-7-12(10)18/h4-7,9,13H,20H2,1-3H3. The van der Waals surface area contributed by atoms with Crippen LogP contribution in [0.25, 0.3) is 0 Å². The molecule has 0 aliphatic carbocycles. The molecule has 0 aromatic heterocycles. The van der Waals surface area contributed by atoms with Crippen molar-refractivity contribution in [3.05, 3.63) is 58.4 Å². The number of nitrogens with two attached hydrogens (primary N) is 1. The number of esters is 1. The first-order chi connectivity index (χ1) is 10.9. The smallest absolute Gasteiger partial charge is 0.338 e. The van der Waals surface area contributed by atoms with Crippen LogP contribution in [0.4, 0.5) is 4.39 Å². The van der Waals surface area contributed by atoms with Crippen LogP contribution in [0, 0.1) is 23.1 Å². The number of allylic oxidation sites excluding steroid dienone is 2. The van der Waals surface area contributed by atoms with E-state index in [4.69, 9.17) is 15.2 Å². The van der Waals surface area contributed by atoms with Gasteiger partial charge in [-0.25, -0.2) is 9.18 Å². The largest absolute Gasteiger partial charge is 0.466 e. The van der Waals surface area contributed by atoms with Gasteiger partial charge in [0.2, 0.25) is 5.88 Å². The van der Waals surface area contributed by atoms with Gasteiger partial charge in [0.05, 0.1) is 18.6 Å². The number of hydrogen-bond donors (Lipinski definition) is 1. The Hall–Kier alpha value is -2.81. The van der Waals surface area contributed by atoms with Crippen LogP contribution in [0.15, 0.2) is 47.1 Å². The Balaban J connectivity index is 2.77. The fourth-order valence-electron chi connectivity index (χ4n) is 2.55. The third-order valence-corrected chi connectivity index (χ3v) is 3.59. The molecule has 23 heavy (non-hydrogen) atoms. The maximum Gasteiger partial charge on any atom is 0.338 e. The molecule has 120 valence electrons. The Morgan fingerprint density at radius 3 is 2.61 bits per heavy atom. The molecular formula is C17H17FN2O3. The molecule has 5 nitrogen and oxygen atoms in total. The van der Waals surface area contributed by atoms with Crippen molar-refractivity contribution in [1.82, 2.24) is 0 Å². The Bertz CT molecular complexity index is 744. The van der Waals surface area contributed by atoms with Crippen LogP contribution in [-0.2, 0) is 14.3 Å². The number of methoxy groups -OCH3 is 1. The monoisotopic (exact) mass is 316 g/mol. The molecule has 6 heteroatoms. The number of nitriles is 1. The van der Waals surface area contributed by atoms with E-state index in [1.54, 1.807) is 19.9 Å². The van der Waals surface area contributed by atoms with Crippen molar-refractivity contribution in [3.63, 3.8) is 0 Å². The minimum atomic E-state index is -0.959. The lowest BCUT2D eigenvalue weighted by molar-refractivity contribution is -0.136. The first kappa shape index (κ1) is 16.6. The maximum absolute atomic E-state index is 14.3. The molecule has 1 aliphatic heterocycles. The summed E-state index contributed by atoms with van der Waals surface area (Å²) < 4.78 is 24.6. The number of carbonyl (C=O) groups excluding carboxylic acids is 1. The van der Waals surface area contributed by atoms with Gasteiger partial charge in [0.1, 0.15) is 23.2 Å². The second-order valence-electron chi connectivity index (χ2n) is 5.37. The molecule has 0 radical (unpaired) electrons. The molecule has 0 amide bonds. The number of halogens is 1.